The molecule has 0 saturated carbocycles. The number of aromatic amines is 1. The molecule has 21 heavy (non-hydrogen) atoms. The van der Waals surface area contributed by atoms with Gasteiger partial charge in [-0.3, -0.25) is 4.79 Å². The van der Waals surface area contributed by atoms with Gasteiger partial charge in [0.1, 0.15) is 10.8 Å². The molecule has 0 spiro atoms. The first-order valence-corrected chi connectivity index (χ1v) is 6.84. The minimum absolute atomic E-state index is 0.237. The Hall–Kier alpha value is -1.85. The van der Waals surface area contributed by atoms with Crippen LogP contribution < -0.4 is 14.8 Å². The number of carbonyl (C=O) groups excluding carboxylic acids is 1. The van der Waals surface area contributed by atoms with Crippen molar-refractivity contribution in [3.63, 3.8) is 0 Å². The lowest BCUT2D eigenvalue weighted by Gasteiger charge is -2.12. The molecule has 1 aromatic carbocycles. The van der Waals surface area contributed by atoms with Gasteiger partial charge in [0, 0.05) is 12.1 Å². The molecule has 2 rings (SSSR count). The predicted molar refractivity (Wildman–Crippen MR) is 81.5 cm³/mol. The number of carbonyl (C=O) groups is 1. The minimum Gasteiger partial charge on any atom is -0.493 e. The van der Waals surface area contributed by atoms with Gasteiger partial charge in [0.05, 0.1) is 19.2 Å². The maximum atomic E-state index is 12.0. The molecule has 1 amide bonds. The molecule has 112 valence electrons. The molecular formula is C14H14Cl2N2O3. The highest BCUT2D eigenvalue weighted by molar-refractivity contribution is 6.41. The number of methoxy groups -OCH3 is 2. The minimum atomic E-state index is -0.311. The third-order valence-corrected chi connectivity index (χ3v) is 3.59. The van der Waals surface area contributed by atoms with Crippen LogP contribution in [0.3, 0.4) is 0 Å². The van der Waals surface area contributed by atoms with Gasteiger partial charge in [-0.15, -0.1) is 0 Å². The number of amides is 1. The first-order chi connectivity index (χ1) is 10.1. The summed E-state index contributed by atoms with van der Waals surface area (Å²) in [5.41, 5.74) is 1.10. The maximum Gasteiger partial charge on any atom is 0.268 e. The molecule has 0 aliphatic rings. The highest BCUT2D eigenvalue weighted by Gasteiger charge is 2.14. The molecule has 0 unspecified atom stereocenters. The molecule has 0 fully saturated rings. The average Bonchev–Trinajstić information content (AvgIpc) is 2.83. The summed E-state index contributed by atoms with van der Waals surface area (Å²) in [4.78, 5) is 14.7. The zero-order chi connectivity index (χ0) is 15.4. The van der Waals surface area contributed by atoms with E-state index in [1.807, 2.05) is 12.1 Å². The van der Waals surface area contributed by atoms with Crippen molar-refractivity contribution in [2.45, 2.75) is 6.54 Å². The fraction of sp³-hybridized carbons (Fsp3) is 0.214. The second-order valence-corrected chi connectivity index (χ2v) is 4.97. The number of hydrogen-bond donors (Lipinski definition) is 2. The number of H-pyrrole nitrogens is 1. The first kappa shape index (κ1) is 15.5. The highest BCUT2D eigenvalue weighted by Crippen LogP contribution is 2.30. The van der Waals surface area contributed by atoms with Crippen LogP contribution in [-0.4, -0.2) is 25.1 Å². The number of nitrogens with one attached hydrogen (secondary N) is 2. The molecule has 1 heterocycles. The van der Waals surface area contributed by atoms with Gasteiger partial charge in [0.15, 0.2) is 11.5 Å². The fourth-order valence-electron chi connectivity index (χ4n) is 1.89. The number of ether oxygens (including phenoxy) is 2. The Morgan fingerprint density at radius 1 is 1.29 bits per heavy atom. The molecular weight excluding hydrogens is 315 g/mol. The SMILES string of the molecule is COc1cccc(CNC(=O)c2cc(Cl)c(Cl)[nH]2)c1OC. The Morgan fingerprint density at radius 3 is 2.62 bits per heavy atom. The second-order valence-electron chi connectivity index (χ2n) is 4.18. The van der Waals surface area contributed by atoms with Crippen molar-refractivity contribution < 1.29 is 14.3 Å². The quantitative estimate of drug-likeness (QED) is 0.885. The lowest BCUT2D eigenvalue weighted by molar-refractivity contribution is 0.0946. The van der Waals surface area contributed by atoms with Gasteiger partial charge in [-0.05, 0) is 12.1 Å². The van der Waals surface area contributed by atoms with Crippen molar-refractivity contribution >= 4 is 29.1 Å². The van der Waals surface area contributed by atoms with E-state index in [9.17, 15) is 4.79 Å². The monoisotopic (exact) mass is 328 g/mol. The smallest absolute Gasteiger partial charge is 0.268 e. The Labute approximate surface area is 132 Å². The van der Waals surface area contributed by atoms with Crippen LogP contribution in [0.4, 0.5) is 0 Å². The van der Waals surface area contributed by atoms with Crippen molar-refractivity contribution in [1.29, 1.82) is 0 Å². The molecule has 0 saturated heterocycles. The molecule has 0 bridgehead atoms. The summed E-state index contributed by atoms with van der Waals surface area (Å²) in [5.74, 6) is 0.881. The van der Waals surface area contributed by atoms with Gasteiger partial charge >= 0.3 is 0 Å². The van der Waals surface area contributed by atoms with E-state index >= 15 is 0 Å². The lowest BCUT2D eigenvalue weighted by Crippen LogP contribution is -2.23. The summed E-state index contributed by atoms with van der Waals surface area (Å²) >= 11 is 11.6. The number of benzene rings is 1. The van der Waals surface area contributed by atoms with Crippen LogP contribution in [0.2, 0.25) is 10.2 Å². The molecule has 2 N–H and O–H groups in total. The molecule has 7 heteroatoms. The molecule has 0 aliphatic heterocycles. The van der Waals surface area contributed by atoms with Crippen molar-refractivity contribution in [1.82, 2.24) is 10.3 Å². The number of rotatable bonds is 5. The lowest BCUT2D eigenvalue weighted by atomic mass is 10.2. The van der Waals surface area contributed by atoms with E-state index in [0.717, 1.165) is 5.56 Å². The van der Waals surface area contributed by atoms with Crippen LogP contribution in [0.1, 0.15) is 16.1 Å². The van der Waals surface area contributed by atoms with Crippen LogP contribution in [-0.2, 0) is 6.54 Å². The van der Waals surface area contributed by atoms with Crippen LogP contribution in [0.15, 0.2) is 24.3 Å². The van der Waals surface area contributed by atoms with Crippen LogP contribution >= 0.6 is 23.2 Å². The summed E-state index contributed by atoms with van der Waals surface area (Å²) in [6.07, 6.45) is 0. The number of hydrogen-bond acceptors (Lipinski definition) is 3. The Morgan fingerprint density at radius 2 is 2.05 bits per heavy atom. The standard InChI is InChI=1S/C14H14Cl2N2O3/c1-20-11-5-3-4-8(12(11)21-2)7-17-14(19)10-6-9(15)13(16)18-10/h3-6,18H,7H2,1-2H3,(H,17,19). The van der Waals surface area contributed by atoms with E-state index in [4.69, 9.17) is 32.7 Å². The molecule has 0 radical (unpaired) electrons. The summed E-state index contributed by atoms with van der Waals surface area (Å²) in [6, 6.07) is 6.93. The second kappa shape index (κ2) is 6.74. The third kappa shape index (κ3) is 3.43. The van der Waals surface area contributed by atoms with Crippen molar-refractivity contribution in [3.05, 3.63) is 45.7 Å². The molecule has 0 aliphatic carbocycles. The number of halogens is 2. The highest BCUT2D eigenvalue weighted by atomic mass is 35.5. The molecule has 5 nitrogen and oxygen atoms in total. The summed E-state index contributed by atoms with van der Waals surface area (Å²) in [5, 5.41) is 3.30. The zero-order valence-corrected chi connectivity index (χ0v) is 13.0. The summed E-state index contributed by atoms with van der Waals surface area (Å²) < 4.78 is 10.5. The Balaban J connectivity index is 2.11. The van der Waals surface area contributed by atoms with Gasteiger partial charge in [0.2, 0.25) is 0 Å². The van der Waals surface area contributed by atoms with Gasteiger partial charge in [0.25, 0.3) is 5.91 Å². The Kier molecular flexibility index (Phi) is 4.98. The fourth-order valence-corrected chi connectivity index (χ4v) is 2.20. The largest absolute Gasteiger partial charge is 0.493 e. The van der Waals surface area contributed by atoms with Crippen molar-refractivity contribution in [2.24, 2.45) is 0 Å². The summed E-state index contributed by atoms with van der Waals surface area (Å²) in [6.45, 7) is 0.285. The van der Waals surface area contributed by atoms with E-state index in [1.165, 1.54) is 6.07 Å². The van der Waals surface area contributed by atoms with Gasteiger partial charge in [-0.2, -0.15) is 0 Å². The van der Waals surface area contributed by atoms with Gasteiger partial charge in [-0.1, -0.05) is 35.3 Å². The first-order valence-electron chi connectivity index (χ1n) is 6.09. The molecule has 1 aromatic heterocycles. The summed E-state index contributed by atoms with van der Waals surface area (Å²) in [7, 11) is 3.11. The van der Waals surface area contributed by atoms with Crippen LogP contribution in [0.5, 0.6) is 11.5 Å². The third-order valence-electron chi connectivity index (χ3n) is 2.89. The number of para-hydroxylation sites is 1. The average molecular weight is 329 g/mol. The van der Waals surface area contributed by atoms with Gasteiger partial charge in [-0.25, -0.2) is 0 Å². The predicted octanol–water partition coefficient (Wildman–Crippen LogP) is 3.27. The van der Waals surface area contributed by atoms with Crippen molar-refractivity contribution in [2.75, 3.05) is 14.2 Å². The van der Waals surface area contributed by atoms with E-state index in [-0.39, 0.29) is 17.6 Å². The van der Waals surface area contributed by atoms with Crippen LogP contribution in [0, 0.1) is 0 Å². The number of aromatic nitrogens is 1. The van der Waals surface area contributed by atoms with Crippen LogP contribution in [0.25, 0.3) is 0 Å². The van der Waals surface area contributed by atoms with E-state index in [0.29, 0.717) is 22.2 Å². The Bertz CT molecular complexity index is 636. The van der Waals surface area contributed by atoms with Crippen molar-refractivity contribution in [3.8, 4) is 11.5 Å². The zero-order valence-electron chi connectivity index (χ0n) is 11.5. The topological polar surface area (TPSA) is 63.3 Å². The normalized spacial score (nSPS) is 10.3. The van der Waals surface area contributed by atoms with Gasteiger partial charge < -0.3 is 19.8 Å². The molecule has 0 atom stereocenters. The van der Waals surface area contributed by atoms with E-state index < -0.39 is 0 Å². The maximum absolute atomic E-state index is 12.0. The molecule has 2 aromatic rings. The van der Waals surface area contributed by atoms with E-state index in [2.05, 4.69) is 10.3 Å². The van der Waals surface area contributed by atoms with E-state index in [1.54, 1.807) is 20.3 Å².